The fraction of sp³-hybridized carbons (Fsp3) is 0.118. The van der Waals surface area contributed by atoms with Crippen molar-refractivity contribution in [2.24, 2.45) is 0 Å². The SMILES string of the molecule is O=C(c1cccc(F)c1)N(Cc1ccco1)Cc1ccco1. The van der Waals surface area contributed by atoms with Crippen LogP contribution in [0.4, 0.5) is 4.39 Å². The van der Waals surface area contributed by atoms with E-state index in [1.54, 1.807) is 47.8 Å². The molecule has 1 aromatic carbocycles. The maximum atomic E-state index is 13.3. The molecule has 0 spiro atoms. The molecule has 0 unspecified atom stereocenters. The van der Waals surface area contributed by atoms with E-state index in [1.807, 2.05) is 0 Å². The van der Waals surface area contributed by atoms with Gasteiger partial charge in [-0.3, -0.25) is 4.79 Å². The minimum atomic E-state index is -0.443. The fourth-order valence-corrected chi connectivity index (χ4v) is 2.18. The first-order chi connectivity index (χ1) is 10.7. The Balaban J connectivity index is 1.85. The predicted octanol–water partition coefficient (Wildman–Crippen LogP) is 3.85. The Morgan fingerprint density at radius 2 is 1.59 bits per heavy atom. The second-order valence-electron chi connectivity index (χ2n) is 4.83. The van der Waals surface area contributed by atoms with Gasteiger partial charge < -0.3 is 13.7 Å². The highest BCUT2D eigenvalue weighted by molar-refractivity contribution is 5.94. The van der Waals surface area contributed by atoms with Gasteiger partial charge in [0.25, 0.3) is 5.91 Å². The lowest BCUT2D eigenvalue weighted by atomic mass is 10.2. The van der Waals surface area contributed by atoms with E-state index in [0.717, 1.165) is 0 Å². The van der Waals surface area contributed by atoms with Gasteiger partial charge in [-0.1, -0.05) is 6.07 Å². The Morgan fingerprint density at radius 1 is 0.955 bits per heavy atom. The average Bonchev–Trinajstić information content (AvgIpc) is 3.19. The molecular weight excluding hydrogens is 285 g/mol. The van der Waals surface area contributed by atoms with E-state index in [4.69, 9.17) is 8.83 Å². The molecule has 2 aromatic heterocycles. The molecule has 1 amide bonds. The summed E-state index contributed by atoms with van der Waals surface area (Å²) < 4.78 is 23.9. The van der Waals surface area contributed by atoms with Crippen molar-refractivity contribution >= 4 is 5.91 Å². The van der Waals surface area contributed by atoms with Gasteiger partial charge in [-0.05, 0) is 42.5 Å². The van der Waals surface area contributed by atoms with Gasteiger partial charge >= 0.3 is 0 Å². The zero-order chi connectivity index (χ0) is 15.4. The molecule has 3 rings (SSSR count). The largest absolute Gasteiger partial charge is 0.467 e. The van der Waals surface area contributed by atoms with Crippen molar-refractivity contribution < 1.29 is 18.0 Å². The van der Waals surface area contributed by atoms with Crippen LogP contribution in [0.5, 0.6) is 0 Å². The molecule has 0 bridgehead atoms. The molecule has 0 aliphatic rings. The Morgan fingerprint density at radius 3 is 2.09 bits per heavy atom. The van der Waals surface area contributed by atoms with Crippen LogP contribution in [-0.2, 0) is 13.1 Å². The summed E-state index contributed by atoms with van der Waals surface area (Å²) in [5.41, 5.74) is 0.290. The number of benzene rings is 1. The molecule has 22 heavy (non-hydrogen) atoms. The number of nitrogens with zero attached hydrogens (tertiary/aromatic N) is 1. The number of carbonyl (C=O) groups is 1. The molecule has 0 saturated carbocycles. The smallest absolute Gasteiger partial charge is 0.254 e. The maximum absolute atomic E-state index is 13.3. The summed E-state index contributed by atoms with van der Waals surface area (Å²) in [4.78, 5) is 14.2. The lowest BCUT2D eigenvalue weighted by Gasteiger charge is -2.20. The highest BCUT2D eigenvalue weighted by Gasteiger charge is 2.19. The summed E-state index contributed by atoms with van der Waals surface area (Å²) >= 11 is 0. The van der Waals surface area contributed by atoms with Crippen molar-refractivity contribution in [2.75, 3.05) is 0 Å². The van der Waals surface area contributed by atoms with Crippen LogP contribution in [0, 0.1) is 5.82 Å². The monoisotopic (exact) mass is 299 g/mol. The predicted molar refractivity (Wildman–Crippen MR) is 77.4 cm³/mol. The van der Waals surface area contributed by atoms with Gasteiger partial charge in [-0.2, -0.15) is 0 Å². The van der Waals surface area contributed by atoms with Gasteiger partial charge in [0.1, 0.15) is 17.3 Å². The normalized spacial score (nSPS) is 10.6. The van der Waals surface area contributed by atoms with Crippen LogP contribution in [0.1, 0.15) is 21.9 Å². The number of hydrogen-bond acceptors (Lipinski definition) is 3. The minimum Gasteiger partial charge on any atom is -0.467 e. The highest BCUT2D eigenvalue weighted by atomic mass is 19.1. The Hall–Kier alpha value is -2.82. The molecule has 0 aliphatic carbocycles. The van der Waals surface area contributed by atoms with Crippen molar-refractivity contribution in [1.29, 1.82) is 0 Å². The van der Waals surface area contributed by atoms with Gasteiger partial charge in [0.05, 0.1) is 25.6 Å². The highest BCUT2D eigenvalue weighted by Crippen LogP contribution is 2.15. The van der Waals surface area contributed by atoms with E-state index in [1.165, 1.54) is 18.2 Å². The number of halogens is 1. The molecule has 4 nitrogen and oxygen atoms in total. The van der Waals surface area contributed by atoms with Crippen LogP contribution in [0.2, 0.25) is 0 Å². The summed E-state index contributed by atoms with van der Waals surface area (Å²) in [7, 11) is 0. The van der Waals surface area contributed by atoms with E-state index in [-0.39, 0.29) is 24.6 Å². The molecule has 2 heterocycles. The lowest BCUT2D eigenvalue weighted by molar-refractivity contribution is 0.0704. The summed E-state index contributed by atoms with van der Waals surface area (Å²) in [6, 6.07) is 12.7. The van der Waals surface area contributed by atoms with Crippen molar-refractivity contribution in [3.8, 4) is 0 Å². The molecule has 0 atom stereocenters. The first kappa shape index (κ1) is 14.1. The molecular formula is C17H14FNO3. The van der Waals surface area contributed by atoms with Crippen LogP contribution in [0.3, 0.4) is 0 Å². The molecule has 5 heteroatoms. The molecule has 0 radical (unpaired) electrons. The second kappa shape index (κ2) is 6.30. The number of carbonyl (C=O) groups excluding carboxylic acids is 1. The third-order valence-corrected chi connectivity index (χ3v) is 3.21. The zero-order valence-electron chi connectivity index (χ0n) is 11.7. The van der Waals surface area contributed by atoms with Crippen molar-refractivity contribution in [3.63, 3.8) is 0 Å². The Labute approximate surface area is 126 Å². The van der Waals surface area contributed by atoms with Crippen LogP contribution >= 0.6 is 0 Å². The van der Waals surface area contributed by atoms with E-state index in [0.29, 0.717) is 11.5 Å². The van der Waals surface area contributed by atoms with Crippen molar-refractivity contribution in [1.82, 2.24) is 4.90 Å². The van der Waals surface area contributed by atoms with Gasteiger partial charge in [0, 0.05) is 5.56 Å². The Kier molecular flexibility index (Phi) is 4.05. The summed E-state index contributed by atoms with van der Waals surface area (Å²) in [6.45, 7) is 0.562. The van der Waals surface area contributed by atoms with Crippen LogP contribution in [0.25, 0.3) is 0 Å². The number of furan rings is 2. The Bertz CT molecular complexity index is 699. The fourth-order valence-electron chi connectivity index (χ4n) is 2.18. The lowest BCUT2D eigenvalue weighted by Crippen LogP contribution is -2.29. The summed E-state index contributed by atoms with van der Waals surface area (Å²) in [5.74, 6) is 0.571. The third-order valence-electron chi connectivity index (χ3n) is 3.21. The molecule has 112 valence electrons. The van der Waals surface area contributed by atoms with Gasteiger partial charge in [0.15, 0.2) is 0 Å². The quantitative estimate of drug-likeness (QED) is 0.719. The first-order valence-corrected chi connectivity index (χ1v) is 6.82. The minimum absolute atomic E-state index is 0.281. The van der Waals surface area contributed by atoms with Crippen molar-refractivity contribution in [3.05, 3.63) is 84.0 Å². The number of hydrogen-bond donors (Lipinski definition) is 0. The molecule has 0 fully saturated rings. The molecule has 0 saturated heterocycles. The standard InChI is InChI=1S/C17H14FNO3/c18-14-5-1-4-13(10-14)17(20)19(11-15-6-2-8-21-15)12-16-7-3-9-22-16/h1-10H,11-12H2. The number of amides is 1. The maximum Gasteiger partial charge on any atom is 0.254 e. The third kappa shape index (κ3) is 3.25. The van der Waals surface area contributed by atoms with Crippen LogP contribution < -0.4 is 0 Å². The topological polar surface area (TPSA) is 46.6 Å². The van der Waals surface area contributed by atoms with E-state index >= 15 is 0 Å². The zero-order valence-corrected chi connectivity index (χ0v) is 11.7. The summed E-state index contributed by atoms with van der Waals surface area (Å²) in [5, 5.41) is 0. The van der Waals surface area contributed by atoms with Gasteiger partial charge in [0.2, 0.25) is 0 Å². The second-order valence-corrected chi connectivity index (χ2v) is 4.83. The van der Waals surface area contributed by atoms with Crippen LogP contribution in [0.15, 0.2) is 69.9 Å². The van der Waals surface area contributed by atoms with Crippen LogP contribution in [-0.4, -0.2) is 10.8 Å². The van der Waals surface area contributed by atoms with E-state index < -0.39 is 5.82 Å². The van der Waals surface area contributed by atoms with Gasteiger partial charge in [-0.15, -0.1) is 0 Å². The average molecular weight is 299 g/mol. The summed E-state index contributed by atoms with van der Waals surface area (Å²) in [6.07, 6.45) is 3.10. The van der Waals surface area contributed by atoms with Gasteiger partial charge in [-0.25, -0.2) is 4.39 Å². The van der Waals surface area contributed by atoms with Crippen molar-refractivity contribution in [2.45, 2.75) is 13.1 Å². The molecule has 0 aliphatic heterocycles. The van der Waals surface area contributed by atoms with E-state index in [9.17, 15) is 9.18 Å². The molecule has 0 N–H and O–H groups in total. The first-order valence-electron chi connectivity index (χ1n) is 6.82. The van der Waals surface area contributed by atoms with E-state index in [2.05, 4.69) is 0 Å². The number of rotatable bonds is 5. The molecule has 3 aromatic rings.